The topological polar surface area (TPSA) is 68.8 Å². The average molecular weight is 277 g/mol. The number of aromatic nitrogens is 5. The van der Waals surface area contributed by atoms with E-state index in [9.17, 15) is 5.11 Å². The van der Waals surface area contributed by atoms with Crippen molar-refractivity contribution in [3.8, 4) is 0 Å². The van der Waals surface area contributed by atoms with Gasteiger partial charge in [0.25, 0.3) is 0 Å². The predicted octanol–water partition coefficient (Wildman–Crippen LogP) is 1.61. The summed E-state index contributed by atoms with van der Waals surface area (Å²) in [5.74, 6) is 0.795. The minimum atomic E-state index is -0.618. The summed E-state index contributed by atoms with van der Waals surface area (Å²) in [4.78, 5) is 4.22. The van der Waals surface area contributed by atoms with Gasteiger partial charge in [-0.05, 0) is 6.92 Å². The molecule has 0 aliphatic heterocycles. The van der Waals surface area contributed by atoms with Gasteiger partial charge in [-0.25, -0.2) is 4.98 Å². The van der Waals surface area contributed by atoms with Gasteiger partial charge in [0.15, 0.2) is 0 Å². The van der Waals surface area contributed by atoms with Gasteiger partial charge in [-0.1, -0.05) is 20.8 Å². The van der Waals surface area contributed by atoms with Crippen LogP contribution >= 0.6 is 0 Å². The molecule has 110 valence electrons. The van der Waals surface area contributed by atoms with Crippen LogP contribution in [-0.2, 0) is 25.4 Å². The van der Waals surface area contributed by atoms with E-state index in [4.69, 9.17) is 0 Å². The molecule has 0 aliphatic carbocycles. The lowest BCUT2D eigenvalue weighted by molar-refractivity contribution is 0.171. The van der Waals surface area contributed by atoms with Crippen molar-refractivity contribution in [1.29, 1.82) is 0 Å². The second-order valence-electron chi connectivity index (χ2n) is 6.07. The Morgan fingerprint density at radius 3 is 2.65 bits per heavy atom. The molecule has 6 nitrogen and oxygen atoms in total. The van der Waals surface area contributed by atoms with Crippen LogP contribution in [-0.4, -0.2) is 29.7 Å². The summed E-state index contributed by atoms with van der Waals surface area (Å²) in [5.41, 5.74) is 1.69. The van der Waals surface area contributed by atoms with Gasteiger partial charge in [0.05, 0.1) is 11.8 Å². The highest BCUT2D eigenvalue weighted by Gasteiger charge is 2.26. The molecule has 0 radical (unpaired) electrons. The normalized spacial score (nSPS) is 13.7. The van der Waals surface area contributed by atoms with E-state index in [0.717, 1.165) is 23.6 Å². The highest BCUT2D eigenvalue weighted by atomic mass is 16.3. The Morgan fingerprint density at radius 2 is 2.05 bits per heavy atom. The van der Waals surface area contributed by atoms with Crippen LogP contribution in [0.1, 0.15) is 50.9 Å². The van der Waals surface area contributed by atoms with E-state index in [1.54, 1.807) is 9.36 Å². The molecule has 2 heterocycles. The standard InChI is InChI=1S/C14H23N5O/c1-6-19-12(15-9-16-19)7-11(20)10-8-18(5)17-13(10)14(2,3)4/h8-9,11,20H,6-7H2,1-5H3. The van der Waals surface area contributed by atoms with Crippen molar-refractivity contribution >= 4 is 0 Å². The third-order valence-electron chi connectivity index (χ3n) is 3.30. The molecule has 0 saturated heterocycles. The van der Waals surface area contributed by atoms with E-state index in [2.05, 4.69) is 36.0 Å². The van der Waals surface area contributed by atoms with E-state index in [-0.39, 0.29) is 5.41 Å². The number of rotatable bonds is 4. The SMILES string of the molecule is CCn1ncnc1CC(O)c1cn(C)nc1C(C)(C)C. The minimum Gasteiger partial charge on any atom is -0.388 e. The highest BCUT2D eigenvalue weighted by molar-refractivity contribution is 5.26. The van der Waals surface area contributed by atoms with Gasteiger partial charge in [-0.2, -0.15) is 10.2 Å². The summed E-state index contributed by atoms with van der Waals surface area (Å²) in [6.07, 6.45) is 3.24. The minimum absolute atomic E-state index is 0.101. The molecular formula is C14H23N5O. The van der Waals surface area contributed by atoms with Crippen molar-refractivity contribution in [2.45, 2.75) is 52.2 Å². The van der Waals surface area contributed by atoms with Crippen molar-refractivity contribution in [3.05, 3.63) is 29.6 Å². The summed E-state index contributed by atoms with van der Waals surface area (Å²) >= 11 is 0. The van der Waals surface area contributed by atoms with Crippen LogP contribution in [0.3, 0.4) is 0 Å². The molecule has 0 aromatic carbocycles. The lowest BCUT2D eigenvalue weighted by Gasteiger charge is -2.19. The quantitative estimate of drug-likeness (QED) is 0.921. The third kappa shape index (κ3) is 2.90. The van der Waals surface area contributed by atoms with Crippen LogP contribution in [0.5, 0.6) is 0 Å². The average Bonchev–Trinajstić information content (AvgIpc) is 2.94. The lowest BCUT2D eigenvalue weighted by atomic mass is 9.87. The fourth-order valence-corrected chi connectivity index (χ4v) is 2.33. The maximum absolute atomic E-state index is 10.5. The third-order valence-corrected chi connectivity index (χ3v) is 3.30. The Labute approximate surface area is 119 Å². The molecule has 0 saturated carbocycles. The van der Waals surface area contributed by atoms with E-state index >= 15 is 0 Å². The number of aliphatic hydroxyl groups excluding tert-OH is 1. The Morgan fingerprint density at radius 1 is 1.35 bits per heavy atom. The zero-order valence-electron chi connectivity index (χ0n) is 12.8. The zero-order valence-corrected chi connectivity index (χ0v) is 12.8. The van der Waals surface area contributed by atoms with Crippen molar-refractivity contribution in [1.82, 2.24) is 24.5 Å². The van der Waals surface area contributed by atoms with Gasteiger partial charge in [0, 0.05) is 37.2 Å². The molecule has 0 amide bonds. The fourth-order valence-electron chi connectivity index (χ4n) is 2.33. The Balaban J connectivity index is 2.28. The molecule has 6 heteroatoms. The van der Waals surface area contributed by atoms with Gasteiger partial charge in [-0.15, -0.1) is 0 Å². The summed E-state index contributed by atoms with van der Waals surface area (Å²) in [6.45, 7) is 9.05. The van der Waals surface area contributed by atoms with Crippen molar-refractivity contribution in [2.75, 3.05) is 0 Å². The Kier molecular flexibility index (Phi) is 3.94. The smallest absolute Gasteiger partial charge is 0.138 e. The highest BCUT2D eigenvalue weighted by Crippen LogP contribution is 2.29. The summed E-state index contributed by atoms with van der Waals surface area (Å²) in [5, 5.41) is 19.2. The number of nitrogens with zero attached hydrogens (tertiary/aromatic N) is 5. The van der Waals surface area contributed by atoms with E-state index in [1.165, 1.54) is 6.33 Å². The second-order valence-corrected chi connectivity index (χ2v) is 6.07. The fraction of sp³-hybridized carbons (Fsp3) is 0.643. The molecule has 0 bridgehead atoms. The summed E-state index contributed by atoms with van der Waals surface area (Å²) < 4.78 is 3.56. The van der Waals surface area contributed by atoms with Crippen LogP contribution in [0.4, 0.5) is 0 Å². The Bertz CT molecular complexity index is 579. The van der Waals surface area contributed by atoms with Crippen LogP contribution in [0.2, 0.25) is 0 Å². The lowest BCUT2D eigenvalue weighted by Crippen LogP contribution is -2.17. The predicted molar refractivity (Wildman–Crippen MR) is 76.3 cm³/mol. The number of hydrogen-bond donors (Lipinski definition) is 1. The molecule has 2 rings (SSSR count). The maximum Gasteiger partial charge on any atom is 0.138 e. The Hall–Kier alpha value is -1.69. The van der Waals surface area contributed by atoms with Crippen molar-refractivity contribution in [2.24, 2.45) is 7.05 Å². The van der Waals surface area contributed by atoms with Gasteiger partial charge in [0.2, 0.25) is 0 Å². The summed E-state index contributed by atoms with van der Waals surface area (Å²) in [6, 6.07) is 0. The van der Waals surface area contributed by atoms with Crippen molar-refractivity contribution in [3.63, 3.8) is 0 Å². The molecule has 1 unspecified atom stereocenters. The van der Waals surface area contributed by atoms with E-state index < -0.39 is 6.10 Å². The van der Waals surface area contributed by atoms with E-state index in [0.29, 0.717) is 6.42 Å². The zero-order chi connectivity index (χ0) is 14.9. The number of hydrogen-bond acceptors (Lipinski definition) is 4. The molecule has 20 heavy (non-hydrogen) atoms. The number of aliphatic hydroxyl groups is 1. The van der Waals surface area contributed by atoms with Gasteiger partial charge < -0.3 is 5.11 Å². The maximum atomic E-state index is 10.5. The van der Waals surface area contributed by atoms with Gasteiger partial charge >= 0.3 is 0 Å². The summed E-state index contributed by atoms with van der Waals surface area (Å²) in [7, 11) is 1.88. The first-order valence-corrected chi connectivity index (χ1v) is 6.91. The molecule has 0 fully saturated rings. The molecule has 0 spiro atoms. The van der Waals surface area contributed by atoms with Crippen LogP contribution in [0.25, 0.3) is 0 Å². The number of aryl methyl sites for hydroxylation is 2. The van der Waals surface area contributed by atoms with Gasteiger partial charge in [-0.3, -0.25) is 9.36 Å². The largest absolute Gasteiger partial charge is 0.388 e. The molecular weight excluding hydrogens is 254 g/mol. The first-order chi connectivity index (χ1) is 9.32. The first-order valence-electron chi connectivity index (χ1n) is 6.91. The first kappa shape index (κ1) is 14.7. The van der Waals surface area contributed by atoms with Crippen molar-refractivity contribution < 1.29 is 5.11 Å². The molecule has 2 aromatic rings. The molecule has 0 aliphatic rings. The van der Waals surface area contributed by atoms with Gasteiger partial charge in [0.1, 0.15) is 12.2 Å². The second kappa shape index (κ2) is 5.36. The van der Waals surface area contributed by atoms with Crippen LogP contribution < -0.4 is 0 Å². The van der Waals surface area contributed by atoms with Crippen LogP contribution in [0, 0.1) is 0 Å². The monoisotopic (exact) mass is 277 g/mol. The van der Waals surface area contributed by atoms with E-state index in [1.807, 2.05) is 20.2 Å². The molecule has 1 atom stereocenters. The van der Waals surface area contributed by atoms with Crippen LogP contribution in [0.15, 0.2) is 12.5 Å². The molecule has 1 N–H and O–H groups in total. The molecule has 2 aromatic heterocycles.